The first-order valence-corrected chi connectivity index (χ1v) is 13.0. The Hall–Kier alpha value is -5.01. The normalized spacial score (nSPS) is 11.4. The fourth-order valence-electron chi connectivity index (χ4n) is 3.65. The molecule has 234 valence electrons. The average Bonchev–Trinajstić information content (AvgIpc) is 2.91. The van der Waals surface area contributed by atoms with E-state index in [1.54, 1.807) is 20.8 Å². The Bertz CT molecular complexity index is 1580. The summed E-state index contributed by atoms with van der Waals surface area (Å²) in [7, 11) is 0. The summed E-state index contributed by atoms with van der Waals surface area (Å²) in [4.78, 5) is 49.7. The Kier molecular flexibility index (Phi) is 10.3. The standard InChI is InChI=1S/C30H28F5N3O6/c1-16-13-18(31)6-10-23(16)43-24-9-5-17(30(33,34)35)14-21(24)26(40)38-19-7-8-22(32)20(15-19)25(39)27(41)36-11-12-37-28(42)44-29(2,3)4/h5-10,13-15H,11-12H2,1-4H3,(H,36,41)(H,37,42)(H,38,40). The van der Waals surface area contributed by atoms with Gasteiger partial charge in [0.15, 0.2) is 0 Å². The number of carbonyl (C=O) groups excluding carboxylic acids is 4. The molecule has 0 aliphatic rings. The van der Waals surface area contributed by atoms with Gasteiger partial charge in [-0.25, -0.2) is 13.6 Å². The van der Waals surface area contributed by atoms with Crippen molar-refractivity contribution < 1.29 is 50.6 Å². The van der Waals surface area contributed by atoms with Crippen molar-refractivity contribution in [2.24, 2.45) is 0 Å². The van der Waals surface area contributed by atoms with Crippen molar-refractivity contribution in [3.63, 3.8) is 0 Å². The van der Waals surface area contributed by atoms with Gasteiger partial charge in [-0.15, -0.1) is 0 Å². The van der Waals surface area contributed by atoms with Crippen LogP contribution in [0.1, 0.15) is 52.6 Å². The van der Waals surface area contributed by atoms with Crippen LogP contribution in [-0.2, 0) is 15.7 Å². The molecule has 0 aliphatic heterocycles. The monoisotopic (exact) mass is 621 g/mol. The molecule has 0 heterocycles. The Morgan fingerprint density at radius 3 is 2.09 bits per heavy atom. The second kappa shape index (κ2) is 13.5. The molecular weight excluding hydrogens is 593 g/mol. The van der Waals surface area contributed by atoms with Crippen LogP contribution in [0.4, 0.5) is 32.4 Å². The van der Waals surface area contributed by atoms with Crippen LogP contribution < -0.4 is 20.7 Å². The lowest BCUT2D eigenvalue weighted by Gasteiger charge is -2.19. The number of halogens is 5. The highest BCUT2D eigenvalue weighted by Gasteiger charge is 2.32. The van der Waals surface area contributed by atoms with Gasteiger partial charge in [-0.3, -0.25) is 14.4 Å². The molecule has 14 heteroatoms. The number of alkyl carbamates (subject to hydrolysis) is 1. The Morgan fingerprint density at radius 1 is 0.795 bits per heavy atom. The van der Waals surface area contributed by atoms with Crippen molar-refractivity contribution in [2.75, 3.05) is 18.4 Å². The van der Waals surface area contributed by atoms with Crippen LogP contribution in [-0.4, -0.2) is 42.4 Å². The lowest BCUT2D eigenvalue weighted by molar-refractivity contribution is -0.137. The van der Waals surface area contributed by atoms with Crippen LogP contribution >= 0.6 is 0 Å². The molecule has 0 aliphatic carbocycles. The van der Waals surface area contributed by atoms with Crippen molar-refractivity contribution >= 4 is 29.4 Å². The summed E-state index contributed by atoms with van der Waals surface area (Å²) in [6.45, 7) is 6.14. The number of carbonyl (C=O) groups is 4. The minimum absolute atomic E-state index is 0.0715. The van der Waals surface area contributed by atoms with Crippen LogP contribution in [0, 0.1) is 18.6 Å². The number of nitrogens with one attached hydrogen (secondary N) is 3. The highest BCUT2D eigenvalue weighted by Crippen LogP contribution is 2.35. The van der Waals surface area contributed by atoms with Gasteiger partial charge >= 0.3 is 12.3 Å². The van der Waals surface area contributed by atoms with Crippen molar-refractivity contribution in [1.82, 2.24) is 10.6 Å². The smallest absolute Gasteiger partial charge is 0.416 e. The second-order valence-corrected chi connectivity index (χ2v) is 10.4. The van der Waals surface area contributed by atoms with E-state index < -0.39 is 63.8 Å². The molecule has 44 heavy (non-hydrogen) atoms. The summed E-state index contributed by atoms with van der Waals surface area (Å²) < 4.78 is 79.0. The molecular formula is C30H28F5N3O6. The summed E-state index contributed by atoms with van der Waals surface area (Å²) >= 11 is 0. The number of ether oxygens (including phenoxy) is 2. The number of hydrogen-bond donors (Lipinski definition) is 3. The molecule has 0 bridgehead atoms. The zero-order valence-electron chi connectivity index (χ0n) is 23.9. The van der Waals surface area contributed by atoms with Crippen LogP contribution in [0.2, 0.25) is 0 Å². The van der Waals surface area contributed by atoms with Crippen molar-refractivity contribution in [3.8, 4) is 11.5 Å². The molecule has 3 aromatic rings. The SMILES string of the molecule is Cc1cc(F)ccc1Oc1ccc(C(F)(F)F)cc1C(=O)Nc1ccc(F)c(C(=O)C(=O)NCCNC(=O)OC(C)(C)C)c1. The van der Waals surface area contributed by atoms with Gasteiger partial charge in [-0.2, -0.15) is 13.2 Å². The summed E-state index contributed by atoms with van der Waals surface area (Å²) in [6, 6.07) is 8.24. The highest BCUT2D eigenvalue weighted by molar-refractivity contribution is 6.43. The molecule has 3 N–H and O–H groups in total. The fourth-order valence-corrected chi connectivity index (χ4v) is 3.65. The lowest BCUT2D eigenvalue weighted by Crippen LogP contribution is -2.39. The van der Waals surface area contributed by atoms with E-state index in [9.17, 15) is 41.1 Å². The molecule has 3 amide bonds. The molecule has 0 unspecified atom stereocenters. The van der Waals surface area contributed by atoms with Gasteiger partial charge in [-0.05, 0) is 87.9 Å². The van der Waals surface area contributed by atoms with Gasteiger partial charge in [0, 0.05) is 18.8 Å². The van der Waals surface area contributed by atoms with Crippen LogP contribution in [0.15, 0.2) is 54.6 Å². The molecule has 0 fully saturated rings. The fraction of sp³-hybridized carbons (Fsp3) is 0.267. The number of amides is 3. The van der Waals surface area contributed by atoms with Gasteiger partial charge in [-0.1, -0.05) is 0 Å². The second-order valence-electron chi connectivity index (χ2n) is 10.4. The Labute approximate surface area is 248 Å². The molecule has 3 rings (SSSR count). The van der Waals surface area contributed by atoms with Gasteiger partial charge in [0.2, 0.25) is 0 Å². The van der Waals surface area contributed by atoms with Crippen molar-refractivity contribution in [2.45, 2.75) is 39.5 Å². The van der Waals surface area contributed by atoms with E-state index >= 15 is 0 Å². The van der Waals surface area contributed by atoms with Crippen LogP contribution in [0.3, 0.4) is 0 Å². The van der Waals surface area contributed by atoms with Gasteiger partial charge in [0.1, 0.15) is 28.7 Å². The third-order valence-corrected chi connectivity index (χ3v) is 5.66. The summed E-state index contributed by atoms with van der Waals surface area (Å²) in [5, 5.41) is 6.85. The number of alkyl halides is 3. The largest absolute Gasteiger partial charge is 0.456 e. The number of Topliss-reactive ketones (excluding diaryl/α,β-unsaturated/α-hetero) is 1. The number of hydrogen-bond acceptors (Lipinski definition) is 6. The quantitative estimate of drug-likeness (QED) is 0.114. The first-order valence-electron chi connectivity index (χ1n) is 13.0. The minimum Gasteiger partial charge on any atom is -0.456 e. The van der Waals surface area contributed by atoms with Crippen molar-refractivity contribution in [3.05, 3.63) is 88.5 Å². The number of aryl methyl sites for hydroxylation is 1. The number of rotatable bonds is 9. The third kappa shape index (κ3) is 9.24. The molecule has 0 atom stereocenters. The van der Waals surface area contributed by atoms with Gasteiger partial charge < -0.3 is 25.4 Å². The zero-order chi connectivity index (χ0) is 32.8. The molecule has 0 radical (unpaired) electrons. The van der Waals surface area contributed by atoms with Crippen molar-refractivity contribution in [1.29, 1.82) is 0 Å². The molecule has 0 aromatic heterocycles. The summed E-state index contributed by atoms with van der Waals surface area (Å²) in [5.74, 6) is -5.57. The van der Waals surface area contributed by atoms with Gasteiger partial charge in [0.05, 0.1) is 16.7 Å². The van der Waals surface area contributed by atoms with E-state index in [0.717, 1.165) is 36.4 Å². The first-order chi connectivity index (χ1) is 20.4. The Balaban J connectivity index is 1.77. The first kappa shape index (κ1) is 33.5. The average molecular weight is 622 g/mol. The van der Waals surface area contributed by atoms with Crippen LogP contribution in [0.25, 0.3) is 0 Å². The maximum atomic E-state index is 14.5. The topological polar surface area (TPSA) is 123 Å². The maximum Gasteiger partial charge on any atom is 0.416 e. The lowest BCUT2D eigenvalue weighted by atomic mass is 10.1. The predicted molar refractivity (Wildman–Crippen MR) is 149 cm³/mol. The van der Waals surface area contributed by atoms with E-state index in [1.807, 2.05) is 0 Å². The Morgan fingerprint density at radius 2 is 1.45 bits per heavy atom. The van der Waals surface area contributed by atoms with Gasteiger partial charge in [0.25, 0.3) is 17.6 Å². The number of benzene rings is 3. The molecule has 0 spiro atoms. The zero-order valence-corrected chi connectivity index (χ0v) is 23.9. The highest BCUT2D eigenvalue weighted by atomic mass is 19.4. The molecule has 3 aromatic carbocycles. The summed E-state index contributed by atoms with van der Waals surface area (Å²) in [6.07, 6.45) is -5.57. The van der Waals surface area contributed by atoms with E-state index in [2.05, 4.69) is 16.0 Å². The van der Waals surface area contributed by atoms with E-state index in [1.165, 1.54) is 13.0 Å². The van der Waals surface area contributed by atoms with E-state index in [0.29, 0.717) is 17.7 Å². The predicted octanol–water partition coefficient (Wildman–Crippen LogP) is 6.16. The third-order valence-electron chi connectivity index (χ3n) is 5.66. The number of anilines is 1. The van der Waals surface area contributed by atoms with E-state index in [-0.39, 0.29) is 30.3 Å². The molecule has 9 nitrogen and oxygen atoms in total. The van der Waals surface area contributed by atoms with Crippen LogP contribution in [0.5, 0.6) is 11.5 Å². The number of ketones is 1. The maximum absolute atomic E-state index is 14.5. The minimum atomic E-state index is -4.81. The summed E-state index contributed by atoms with van der Waals surface area (Å²) in [5.41, 5.74) is -3.15. The van der Waals surface area contributed by atoms with E-state index in [4.69, 9.17) is 9.47 Å². The molecule has 0 saturated carbocycles. The molecule has 0 saturated heterocycles.